The Morgan fingerprint density at radius 3 is 1.37 bits per heavy atom. The van der Waals surface area contributed by atoms with Gasteiger partial charge in [0.05, 0.1) is 11.1 Å². The largest absolute Gasteiger partial charge is 0.478 e. The van der Waals surface area contributed by atoms with E-state index in [0.717, 1.165) is 0 Å². The van der Waals surface area contributed by atoms with Gasteiger partial charge in [0.1, 0.15) is 0 Å². The third kappa shape index (κ3) is 6.30. The zero-order valence-corrected chi connectivity index (χ0v) is 10.7. The van der Waals surface area contributed by atoms with Gasteiger partial charge in [0.2, 0.25) is 0 Å². The van der Waals surface area contributed by atoms with Crippen molar-refractivity contribution >= 4 is 11.9 Å². The Bertz CT molecular complexity index is 470. The number of aromatic nitrogens is 2. The quantitative estimate of drug-likeness (QED) is 0.816. The van der Waals surface area contributed by atoms with Crippen molar-refractivity contribution in [2.45, 2.75) is 0 Å². The molecule has 0 radical (unpaired) electrons. The molecular weight excluding hydrogens is 292 g/mol. The molecule has 100 valence electrons. The van der Waals surface area contributed by atoms with Crippen LogP contribution in [0.1, 0.15) is 20.7 Å². The van der Waals surface area contributed by atoms with E-state index in [1.807, 2.05) is 0 Å². The fourth-order valence-electron chi connectivity index (χ4n) is 0.979. The zero-order chi connectivity index (χ0) is 13.4. The first-order valence-electron chi connectivity index (χ1n) is 4.88. The maximum Gasteiger partial charge on any atom is 0.337 e. The molecule has 0 aliphatic carbocycles. The van der Waals surface area contributed by atoms with Crippen molar-refractivity contribution in [3.8, 4) is 0 Å². The van der Waals surface area contributed by atoms with E-state index in [1.165, 1.54) is 36.9 Å². The van der Waals surface area contributed by atoms with Crippen molar-refractivity contribution in [3.05, 3.63) is 60.2 Å². The van der Waals surface area contributed by atoms with Gasteiger partial charge >= 0.3 is 11.9 Å². The van der Waals surface area contributed by atoms with Crippen LogP contribution in [0.2, 0.25) is 0 Å². The number of pyridine rings is 2. The maximum atomic E-state index is 10.2. The number of carboxylic acids is 2. The molecule has 19 heavy (non-hydrogen) atoms. The van der Waals surface area contributed by atoms with Crippen molar-refractivity contribution in [1.29, 1.82) is 0 Å². The maximum absolute atomic E-state index is 10.2. The summed E-state index contributed by atoms with van der Waals surface area (Å²) >= 11 is 0. The van der Waals surface area contributed by atoms with E-state index in [-0.39, 0.29) is 28.2 Å². The smallest absolute Gasteiger partial charge is 0.337 e. The molecule has 2 N–H and O–H groups in total. The number of rotatable bonds is 2. The predicted molar refractivity (Wildman–Crippen MR) is 62.4 cm³/mol. The molecule has 7 heteroatoms. The molecule has 0 saturated heterocycles. The molecule has 6 nitrogen and oxygen atoms in total. The number of hydrogen-bond donors (Lipinski definition) is 2. The molecule has 2 aromatic rings. The van der Waals surface area contributed by atoms with Gasteiger partial charge < -0.3 is 10.2 Å². The van der Waals surface area contributed by atoms with Crippen LogP contribution in [-0.4, -0.2) is 32.1 Å². The molecule has 0 unspecified atom stereocenters. The van der Waals surface area contributed by atoms with E-state index in [9.17, 15) is 9.59 Å². The molecule has 0 spiro atoms. The second kappa shape index (κ2) is 8.79. The molecule has 0 saturated carbocycles. The minimum Gasteiger partial charge on any atom is -0.478 e. The standard InChI is InChI=1S/2C6H5NO2.Fe/c2*8-6(9)5-2-1-3-7-4-5;/h2*1-4H,(H,8,9);. The van der Waals surface area contributed by atoms with Gasteiger partial charge in [0, 0.05) is 41.9 Å². The van der Waals surface area contributed by atoms with E-state index in [1.54, 1.807) is 12.1 Å². The number of carbonyl (C=O) groups is 2. The normalized spacial score (nSPS) is 8.42. The van der Waals surface area contributed by atoms with E-state index >= 15 is 0 Å². The van der Waals surface area contributed by atoms with Crippen molar-refractivity contribution in [1.82, 2.24) is 9.97 Å². The minimum absolute atomic E-state index is 0. The molecule has 0 fully saturated rings. The summed E-state index contributed by atoms with van der Waals surface area (Å²) in [7, 11) is 0. The molecular formula is C12H10FeN2O4. The van der Waals surface area contributed by atoms with Crippen LogP contribution in [0.25, 0.3) is 0 Å². The van der Waals surface area contributed by atoms with E-state index < -0.39 is 11.9 Å². The van der Waals surface area contributed by atoms with Crippen LogP contribution >= 0.6 is 0 Å². The molecule has 0 aromatic carbocycles. The first-order valence-corrected chi connectivity index (χ1v) is 4.88. The van der Waals surface area contributed by atoms with Gasteiger partial charge in [0.15, 0.2) is 0 Å². The Hall–Kier alpha value is -2.24. The average Bonchev–Trinajstić information content (AvgIpc) is 2.41. The molecule has 0 atom stereocenters. The Balaban J connectivity index is 0.000000324. The van der Waals surface area contributed by atoms with Crippen LogP contribution in [0, 0.1) is 0 Å². The third-order valence-corrected chi connectivity index (χ3v) is 1.82. The molecule has 0 aliphatic rings. The van der Waals surface area contributed by atoms with Crippen molar-refractivity contribution in [2.75, 3.05) is 0 Å². The van der Waals surface area contributed by atoms with Crippen LogP contribution < -0.4 is 0 Å². The minimum atomic E-state index is -0.942. The molecule has 2 aromatic heterocycles. The summed E-state index contributed by atoms with van der Waals surface area (Å²) in [6, 6.07) is 6.16. The summed E-state index contributed by atoms with van der Waals surface area (Å²) in [5.41, 5.74) is 0.440. The monoisotopic (exact) mass is 302 g/mol. The van der Waals surface area contributed by atoms with Crippen LogP contribution in [0.15, 0.2) is 49.1 Å². The van der Waals surface area contributed by atoms with Crippen LogP contribution in [0.3, 0.4) is 0 Å². The Kier molecular flexibility index (Phi) is 7.76. The molecule has 0 aliphatic heterocycles. The zero-order valence-electron chi connectivity index (χ0n) is 9.58. The number of nitrogens with zero attached hydrogens (tertiary/aromatic N) is 2. The van der Waals surface area contributed by atoms with E-state index in [2.05, 4.69) is 9.97 Å². The van der Waals surface area contributed by atoms with Crippen molar-refractivity contribution in [2.24, 2.45) is 0 Å². The molecule has 2 heterocycles. The predicted octanol–water partition coefficient (Wildman–Crippen LogP) is 1.56. The summed E-state index contributed by atoms with van der Waals surface area (Å²) < 4.78 is 0. The Labute approximate surface area is 119 Å². The van der Waals surface area contributed by atoms with Crippen molar-refractivity contribution < 1.29 is 36.9 Å². The Morgan fingerprint density at radius 2 is 1.21 bits per heavy atom. The summed E-state index contributed by atoms with van der Waals surface area (Å²) in [5.74, 6) is -1.88. The summed E-state index contributed by atoms with van der Waals surface area (Å²) in [5, 5.41) is 16.7. The molecule has 2 rings (SSSR count). The van der Waals surface area contributed by atoms with E-state index in [4.69, 9.17) is 10.2 Å². The van der Waals surface area contributed by atoms with Gasteiger partial charge in [-0.25, -0.2) is 9.59 Å². The van der Waals surface area contributed by atoms with Gasteiger partial charge in [-0.2, -0.15) is 0 Å². The second-order valence-corrected chi connectivity index (χ2v) is 3.09. The second-order valence-electron chi connectivity index (χ2n) is 3.09. The van der Waals surface area contributed by atoms with Crippen LogP contribution in [0.4, 0.5) is 0 Å². The summed E-state index contributed by atoms with van der Waals surface area (Å²) in [6.07, 6.45) is 5.68. The van der Waals surface area contributed by atoms with Crippen molar-refractivity contribution in [3.63, 3.8) is 0 Å². The SMILES string of the molecule is O=C(O)c1cccnc1.O=C(O)c1cccnc1.[Fe]. The van der Waals surface area contributed by atoms with Crippen LogP contribution in [0.5, 0.6) is 0 Å². The molecule has 0 bridgehead atoms. The number of carboxylic acid groups (broad SMARTS) is 2. The first kappa shape index (κ1) is 16.8. The summed E-state index contributed by atoms with van der Waals surface area (Å²) in [6.45, 7) is 0. The topological polar surface area (TPSA) is 100 Å². The van der Waals surface area contributed by atoms with E-state index in [0.29, 0.717) is 0 Å². The Morgan fingerprint density at radius 1 is 0.842 bits per heavy atom. The van der Waals surface area contributed by atoms with Gasteiger partial charge in [-0.3, -0.25) is 9.97 Å². The number of aromatic carboxylic acids is 2. The average molecular weight is 302 g/mol. The van der Waals surface area contributed by atoms with Gasteiger partial charge in [-0.15, -0.1) is 0 Å². The third-order valence-electron chi connectivity index (χ3n) is 1.82. The number of hydrogen-bond acceptors (Lipinski definition) is 4. The van der Waals surface area contributed by atoms with Gasteiger partial charge in [-0.05, 0) is 24.3 Å². The fourth-order valence-corrected chi connectivity index (χ4v) is 0.979. The first-order chi connectivity index (χ1) is 8.61. The van der Waals surface area contributed by atoms with Crippen LogP contribution in [-0.2, 0) is 17.1 Å². The van der Waals surface area contributed by atoms with Gasteiger partial charge in [0.25, 0.3) is 0 Å². The fraction of sp³-hybridized carbons (Fsp3) is 0. The van der Waals surface area contributed by atoms with Gasteiger partial charge in [-0.1, -0.05) is 0 Å². The summed E-state index contributed by atoms with van der Waals surface area (Å²) in [4.78, 5) is 27.6. The molecule has 0 amide bonds.